The van der Waals surface area contributed by atoms with E-state index in [4.69, 9.17) is 23.2 Å². The van der Waals surface area contributed by atoms with Gasteiger partial charge >= 0.3 is 0 Å². The van der Waals surface area contributed by atoms with E-state index < -0.39 is 0 Å². The smallest absolute Gasteiger partial charge is 0.176 e. The van der Waals surface area contributed by atoms with Crippen LogP contribution in [0.1, 0.15) is 24.2 Å². The van der Waals surface area contributed by atoms with Crippen LogP contribution < -0.4 is 5.32 Å². The average Bonchev–Trinajstić information content (AvgIpc) is 2.18. The minimum atomic E-state index is 0.0160. The number of halogens is 2. The maximum absolute atomic E-state index is 11.6. The summed E-state index contributed by atoms with van der Waals surface area (Å²) in [7, 11) is 0. The summed E-state index contributed by atoms with van der Waals surface area (Å²) in [6.45, 7) is 4.29. The van der Waals surface area contributed by atoms with Gasteiger partial charge in [-0.2, -0.15) is 0 Å². The predicted molar refractivity (Wildman–Crippen MR) is 63.9 cm³/mol. The second-order valence-corrected chi connectivity index (χ2v) is 4.40. The van der Waals surface area contributed by atoms with Gasteiger partial charge < -0.3 is 5.32 Å². The summed E-state index contributed by atoms with van der Waals surface area (Å²) in [6.07, 6.45) is 0. The lowest BCUT2D eigenvalue weighted by molar-refractivity contribution is 0.0988. The molecule has 1 N–H and O–H groups in total. The van der Waals surface area contributed by atoms with Gasteiger partial charge in [-0.15, -0.1) is 0 Å². The van der Waals surface area contributed by atoms with E-state index in [-0.39, 0.29) is 11.8 Å². The Labute approximate surface area is 99.6 Å². The van der Waals surface area contributed by atoms with E-state index in [9.17, 15) is 4.79 Å². The standard InChI is InChI=1S/C11H13Cl2NO/c1-7(2)14-6-11(15)8-3-4-9(12)10(13)5-8/h3-5,7,14H,6H2,1-2H3. The molecule has 0 aliphatic heterocycles. The Balaban J connectivity index is 2.70. The van der Waals surface area contributed by atoms with Crippen molar-refractivity contribution in [1.82, 2.24) is 5.32 Å². The van der Waals surface area contributed by atoms with Crippen molar-refractivity contribution in [2.45, 2.75) is 19.9 Å². The van der Waals surface area contributed by atoms with Crippen molar-refractivity contribution in [3.8, 4) is 0 Å². The largest absolute Gasteiger partial charge is 0.307 e. The Kier molecular flexibility index (Phi) is 4.58. The van der Waals surface area contributed by atoms with E-state index in [1.54, 1.807) is 18.2 Å². The normalized spacial score (nSPS) is 10.7. The molecule has 1 rings (SSSR count). The monoisotopic (exact) mass is 245 g/mol. The highest BCUT2D eigenvalue weighted by Crippen LogP contribution is 2.22. The molecular weight excluding hydrogens is 233 g/mol. The molecule has 0 saturated carbocycles. The van der Waals surface area contributed by atoms with Crippen LogP contribution in [-0.2, 0) is 0 Å². The molecule has 0 aromatic heterocycles. The molecule has 0 aliphatic carbocycles. The molecule has 0 amide bonds. The van der Waals surface area contributed by atoms with Gasteiger partial charge in [0, 0.05) is 11.6 Å². The minimum Gasteiger partial charge on any atom is -0.307 e. The highest BCUT2D eigenvalue weighted by Gasteiger charge is 2.08. The zero-order valence-electron chi connectivity index (χ0n) is 8.68. The highest BCUT2D eigenvalue weighted by molar-refractivity contribution is 6.42. The molecule has 4 heteroatoms. The van der Waals surface area contributed by atoms with Crippen molar-refractivity contribution in [3.05, 3.63) is 33.8 Å². The van der Waals surface area contributed by atoms with E-state index in [2.05, 4.69) is 5.32 Å². The second-order valence-electron chi connectivity index (χ2n) is 3.59. The maximum Gasteiger partial charge on any atom is 0.176 e. The summed E-state index contributed by atoms with van der Waals surface area (Å²) >= 11 is 11.6. The van der Waals surface area contributed by atoms with Crippen LogP contribution in [-0.4, -0.2) is 18.4 Å². The SMILES string of the molecule is CC(C)NCC(=O)c1ccc(Cl)c(Cl)c1. The second kappa shape index (κ2) is 5.50. The lowest BCUT2D eigenvalue weighted by Gasteiger charge is -2.07. The van der Waals surface area contributed by atoms with Crippen LogP contribution in [0, 0.1) is 0 Å². The number of rotatable bonds is 4. The molecule has 0 atom stereocenters. The van der Waals surface area contributed by atoms with Crippen molar-refractivity contribution in [3.63, 3.8) is 0 Å². The van der Waals surface area contributed by atoms with E-state index in [1.807, 2.05) is 13.8 Å². The molecule has 0 fully saturated rings. The number of Topliss-reactive ketones (excluding diaryl/α,β-unsaturated/α-hetero) is 1. The molecule has 0 unspecified atom stereocenters. The summed E-state index contributed by atoms with van der Waals surface area (Å²) in [4.78, 5) is 11.6. The van der Waals surface area contributed by atoms with Gasteiger partial charge in [-0.25, -0.2) is 0 Å². The topological polar surface area (TPSA) is 29.1 Å². The number of carbonyl (C=O) groups is 1. The molecule has 0 saturated heterocycles. The van der Waals surface area contributed by atoms with Crippen LogP contribution >= 0.6 is 23.2 Å². The number of benzene rings is 1. The molecule has 0 heterocycles. The maximum atomic E-state index is 11.6. The van der Waals surface area contributed by atoms with Crippen molar-refractivity contribution in [1.29, 1.82) is 0 Å². The van der Waals surface area contributed by atoms with Crippen molar-refractivity contribution in [2.75, 3.05) is 6.54 Å². The molecule has 0 bridgehead atoms. The zero-order chi connectivity index (χ0) is 11.4. The van der Waals surface area contributed by atoms with Gasteiger partial charge in [-0.3, -0.25) is 4.79 Å². The number of ketones is 1. The van der Waals surface area contributed by atoms with Gasteiger partial charge in [0.2, 0.25) is 0 Å². The van der Waals surface area contributed by atoms with E-state index >= 15 is 0 Å². The Morgan fingerprint density at radius 2 is 2.00 bits per heavy atom. The summed E-state index contributed by atoms with van der Waals surface area (Å²) in [5.41, 5.74) is 0.581. The summed E-state index contributed by atoms with van der Waals surface area (Å²) in [6, 6.07) is 5.19. The summed E-state index contributed by atoms with van der Waals surface area (Å²) in [5.74, 6) is 0.0160. The summed E-state index contributed by atoms with van der Waals surface area (Å²) < 4.78 is 0. The van der Waals surface area contributed by atoms with Crippen LogP contribution in [0.3, 0.4) is 0 Å². The number of hydrogen-bond donors (Lipinski definition) is 1. The fourth-order valence-electron chi connectivity index (χ4n) is 1.07. The number of hydrogen-bond acceptors (Lipinski definition) is 2. The molecule has 0 radical (unpaired) electrons. The Morgan fingerprint density at radius 1 is 1.33 bits per heavy atom. The first kappa shape index (κ1) is 12.5. The van der Waals surface area contributed by atoms with Gasteiger partial charge in [0.15, 0.2) is 5.78 Å². The first-order valence-corrected chi connectivity index (χ1v) is 5.48. The first-order chi connectivity index (χ1) is 7.00. The van der Waals surface area contributed by atoms with Crippen LogP contribution in [0.25, 0.3) is 0 Å². The first-order valence-electron chi connectivity index (χ1n) is 4.72. The molecule has 0 spiro atoms. The minimum absolute atomic E-state index is 0.0160. The third-order valence-electron chi connectivity index (χ3n) is 1.91. The van der Waals surface area contributed by atoms with E-state index in [0.717, 1.165) is 0 Å². The van der Waals surface area contributed by atoms with Crippen LogP contribution in [0.2, 0.25) is 10.0 Å². The predicted octanol–water partition coefficient (Wildman–Crippen LogP) is 3.17. The van der Waals surface area contributed by atoms with Crippen molar-refractivity contribution >= 4 is 29.0 Å². The molecule has 82 valence electrons. The Bertz CT molecular complexity index is 364. The van der Waals surface area contributed by atoms with Gasteiger partial charge in [0.05, 0.1) is 16.6 Å². The summed E-state index contributed by atoms with van der Waals surface area (Å²) in [5, 5.41) is 3.92. The molecule has 0 aliphatic rings. The fourth-order valence-corrected chi connectivity index (χ4v) is 1.37. The Hall–Kier alpha value is -0.570. The van der Waals surface area contributed by atoms with Gasteiger partial charge in [-0.05, 0) is 18.2 Å². The van der Waals surface area contributed by atoms with Gasteiger partial charge in [0.1, 0.15) is 0 Å². The molecule has 15 heavy (non-hydrogen) atoms. The fraction of sp³-hybridized carbons (Fsp3) is 0.364. The molecule has 1 aromatic carbocycles. The third-order valence-corrected chi connectivity index (χ3v) is 2.65. The van der Waals surface area contributed by atoms with Crippen LogP contribution in [0.15, 0.2) is 18.2 Å². The van der Waals surface area contributed by atoms with Crippen molar-refractivity contribution in [2.24, 2.45) is 0 Å². The van der Waals surface area contributed by atoms with Gasteiger partial charge in [-0.1, -0.05) is 37.0 Å². The lowest BCUT2D eigenvalue weighted by Crippen LogP contribution is -2.29. The highest BCUT2D eigenvalue weighted by atomic mass is 35.5. The van der Waals surface area contributed by atoms with Crippen LogP contribution in [0.4, 0.5) is 0 Å². The third kappa shape index (κ3) is 3.82. The lowest BCUT2D eigenvalue weighted by atomic mass is 10.1. The van der Waals surface area contributed by atoms with Gasteiger partial charge in [0.25, 0.3) is 0 Å². The number of nitrogens with one attached hydrogen (secondary N) is 1. The number of carbonyl (C=O) groups excluding carboxylic acids is 1. The van der Waals surface area contributed by atoms with Crippen LogP contribution in [0.5, 0.6) is 0 Å². The average molecular weight is 246 g/mol. The Morgan fingerprint density at radius 3 is 2.53 bits per heavy atom. The zero-order valence-corrected chi connectivity index (χ0v) is 10.2. The molecule has 2 nitrogen and oxygen atoms in total. The van der Waals surface area contributed by atoms with E-state index in [1.165, 1.54) is 0 Å². The quantitative estimate of drug-likeness (QED) is 0.826. The van der Waals surface area contributed by atoms with Crippen molar-refractivity contribution < 1.29 is 4.79 Å². The molecule has 1 aromatic rings. The van der Waals surface area contributed by atoms with E-state index in [0.29, 0.717) is 22.2 Å². The molecular formula is C11H13Cl2NO.